The van der Waals surface area contributed by atoms with Crippen LogP contribution in [0, 0.1) is 0 Å². The summed E-state index contributed by atoms with van der Waals surface area (Å²) in [5, 5.41) is 3.11. The molecule has 2 atom stereocenters. The van der Waals surface area contributed by atoms with Gasteiger partial charge in [-0.15, -0.1) is 0 Å². The van der Waals surface area contributed by atoms with E-state index in [-0.39, 0.29) is 18.0 Å². The van der Waals surface area contributed by atoms with Gasteiger partial charge >= 0.3 is 6.03 Å². The molecule has 2 saturated heterocycles. The number of hydrogen-bond acceptors (Lipinski definition) is 4. The van der Waals surface area contributed by atoms with Gasteiger partial charge in [-0.25, -0.2) is 4.79 Å². The summed E-state index contributed by atoms with van der Waals surface area (Å²) in [5.74, 6) is 0.916. The zero-order valence-electron chi connectivity index (χ0n) is 12.7. The van der Waals surface area contributed by atoms with Crippen LogP contribution in [0.5, 0.6) is 0 Å². The van der Waals surface area contributed by atoms with Crippen LogP contribution in [0.25, 0.3) is 0 Å². The van der Waals surface area contributed by atoms with E-state index in [0.717, 1.165) is 12.3 Å². The molecule has 5 nitrogen and oxygen atoms in total. The number of benzene rings is 1. The summed E-state index contributed by atoms with van der Waals surface area (Å²) in [6, 6.07) is 10.3. The monoisotopic (exact) mass is 319 g/mol. The number of carbonyl (C=O) groups excluding carboxylic acids is 2. The van der Waals surface area contributed by atoms with E-state index in [0.29, 0.717) is 24.9 Å². The van der Waals surface area contributed by atoms with Crippen LogP contribution >= 0.6 is 11.8 Å². The third-order valence-corrected chi connectivity index (χ3v) is 5.44. The van der Waals surface area contributed by atoms with Gasteiger partial charge in [-0.1, -0.05) is 37.3 Å². The summed E-state index contributed by atoms with van der Waals surface area (Å²) in [4.78, 5) is 27.6. The molecule has 2 fully saturated rings. The highest BCUT2D eigenvalue weighted by atomic mass is 32.2. The van der Waals surface area contributed by atoms with Crippen molar-refractivity contribution < 1.29 is 9.59 Å². The average Bonchev–Trinajstić information content (AvgIpc) is 2.94. The minimum atomic E-state index is -0.263. The van der Waals surface area contributed by atoms with Crippen molar-refractivity contribution in [1.29, 1.82) is 0 Å². The van der Waals surface area contributed by atoms with Crippen LogP contribution in [0.15, 0.2) is 30.3 Å². The molecule has 1 aromatic rings. The molecule has 0 bridgehead atoms. The van der Waals surface area contributed by atoms with Crippen LogP contribution in [-0.4, -0.2) is 58.9 Å². The van der Waals surface area contributed by atoms with Crippen LogP contribution in [0.2, 0.25) is 0 Å². The number of nitrogens with one attached hydrogen (secondary N) is 1. The lowest BCUT2D eigenvalue weighted by Crippen LogP contribution is -2.47. The Bertz CT molecular complexity index is 552. The van der Waals surface area contributed by atoms with E-state index in [1.54, 1.807) is 0 Å². The fraction of sp³-hybridized carbons (Fsp3) is 0.500. The van der Waals surface area contributed by atoms with Crippen molar-refractivity contribution in [3.8, 4) is 0 Å². The van der Waals surface area contributed by atoms with Gasteiger partial charge in [0.15, 0.2) is 0 Å². The van der Waals surface area contributed by atoms with Crippen molar-refractivity contribution in [1.82, 2.24) is 15.1 Å². The molecule has 0 aliphatic carbocycles. The molecular weight excluding hydrogens is 298 g/mol. The average molecular weight is 319 g/mol. The minimum absolute atomic E-state index is 0.102. The first-order valence-corrected chi connectivity index (χ1v) is 8.70. The molecule has 2 aliphatic heterocycles. The fourth-order valence-electron chi connectivity index (χ4n) is 3.16. The van der Waals surface area contributed by atoms with E-state index in [1.165, 1.54) is 10.5 Å². The van der Waals surface area contributed by atoms with E-state index >= 15 is 0 Å². The van der Waals surface area contributed by atoms with Gasteiger partial charge in [-0.3, -0.25) is 14.6 Å². The lowest BCUT2D eigenvalue weighted by Gasteiger charge is -2.39. The number of nitrogens with zero attached hydrogens (tertiary/aromatic N) is 2. The normalized spacial score (nSPS) is 26.0. The topological polar surface area (TPSA) is 52.7 Å². The summed E-state index contributed by atoms with van der Waals surface area (Å²) in [5.41, 5.74) is 1.24. The Hall–Kier alpha value is -1.53. The lowest BCUT2D eigenvalue weighted by atomic mass is 10.0. The summed E-state index contributed by atoms with van der Waals surface area (Å²) in [6.45, 7) is 4.42. The van der Waals surface area contributed by atoms with E-state index in [2.05, 4.69) is 29.3 Å². The maximum atomic E-state index is 12.4. The Balaban J connectivity index is 1.75. The molecule has 118 valence electrons. The van der Waals surface area contributed by atoms with Gasteiger partial charge in [-0.05, 0) is 5.56 Å². The SMILES string of the molecule is C[C@H]1SCCN(CC(=O)N2CCNC2=O)[C@@H]1c1ccccc1. The Labute approximate surface area is 135 Å². The second kappa shape index (κ2) is 6.71. The van der Waals surface area contributed by atoms with Crippen LogP contribution in [0.4, 0.5) is 4.79 Å². The molecule has 3 rings (SSSR count). The third-order valence-electron chi connectivity index (χ3n) is 4.23. The predicted octanol–water partition coefficient (Wildman–Crippen LogP) is 1.72. The first kappa shape index (κ1) is 15.4. The smallest absolute Gasteiger partial charge is 0.324 e. The van der Waals surface area contributed by atoms with Crippen LogP contribution in [0.3, 0.4) is 0 Å². The first-order chi connectivity index (χ1) is 10.7. The quantitative estimate of drug-likeness (QED) is 0.922. The van der Waals surface area contributed by atoms with E-state index < -0.39 is 0 Å². The third kappa shape index (κ3) is 3.13. The summed E-state index contributed by atoms with van der Waals surface area (Å²) < 4.78 is 0. The molecule has 0 aromatic heterocycles. The molecular formula is C16H21N3O2S. The fourth-order valence-corrected chi connectivity index (χ4v) is 4.38. The Morgan fingerprint density at radius 2 is 2.09 bits per heavy atom. The molecule has 22 heavy (non-hydrogen) atoms. The largest absolute Gasteiger partial charge is 0.336 e. The molecule has 0 unspecified atom stereocenters. The number of hydrogen-bond donors (Lipinski definition) is 1. The Morgan fingerprint density at radius 3 is 2.77 bits per heavy atom. The highest BCUT2D eigenvalue weighted by Crippen LogP contribution is 2.35. The highest BCUT2D eigenvalue weighted by Gasteiger charge is 2.34. The van der Waals surface area contributed by atoms with E-state index in [4.69, 9.17) is 0 Å². The molecule has 2 heterocycles. The van der Waals surface area contributed by atoms with Gasteiger partial charge in [-0.2, -0.15) is 11.8 Å². The molecule has 0 saturated carbocycles. The van der Waals surface area contributed by atoms with Gasteiger partial charge in [0.05, 0.1) is 6.54 Å². The number of carbonyl (C=O) groups is 2. The zero-order chi connectivity index (χ0) is 15.5. The summed E-state index contributed by atoms with van der Waals surface area (Å²) in [6.07, 6.45) is 0. The molecule has 0 radical (unpaired) electrons. The second-order valence-corrected chi connectivity index (χ2v) is 7.16. The van der Waals surface area contributed by atoms with Crippen molar-refractivity contribution in [3.05, 3.63) is 35.9 Å². The molecule has 1 aromatic carbocycles. The van der Waals surface area contributed by atoms with Crippen molar-refractivity contribution in [3.63, 3.8) is 0 Å². The minimum Gasteiger partial charge on any atom is -0.336 e. The molecule has 2 aliphatic rings. The molecule has 3 amide bonds. The van der Waals surface area contributed by atoms with E-state index in [1.807, 2.05) is 30.0 Å². The van der Waals surface area contributed by atoms with Crippen molar-refractivity contribution in [2.75, 3.05) is 31.9 Å². The Morgan fingerprint density at radius 1 is 1.32 bits per heavy atom. The maximum Gasteiger partial charge on any atom is 0.324 e. The Kier molecular flexibility index (Phi) is 4.69. The summed E-state index contributed by atoms with van der Waals surface area (Å²) >= 11 is 1.94. The molecule has 0 spiro atoms. The van der Waals surface area contributed by atoms with Crippen molar-refractivity contribution in [2.45, 2.75) is 18.2 Å². The van der Waals surface area contributed by atoms with Crippen LogP contribution in [-0.2, 0) is 4.79 Å². The number of amides is 3. The maximum absolute atomic E-state index is 12.4. The standard InChI is InChI=1S/C16H21N3O2S/c1-12-15(13-5-3-2-4-6-13)18(9-10-22-12)11-14(20)19-8-7-17-16(19)21/h2-6,12,15H,7-11H2,1H3,(H,17,21)/t12-,15+/m1/s1. The zero-order valence-corrected chi connectivity index (χ0v) is 13.5. The van der Waals surface area contributed by atoms with Crippen LogP contribution < -0.4 is 5.32 Å². The van der Waals surface area contributed by atoms with Gasteiger partial charge in [0, 0.05) is 36.7 Å². The predicted molar refractivity (Wildman–Crippen MR) is 87.8 cm³/mol. The summed E-state index contributed by atoms with van der Waals surface area (Å²) in [7, 11) is 0. The molecule has 1 N–H and O–H groups in total. The van der Waals surface area contributed by atoms with Gasteiger partial charge in [0.2, 0.25) is 5.91 Å². The van der Waals surface area contributed by atoms with Gasteiger partial charge < -0.3 is 5.32 Å². The van der Waals surface area contributed by atoms with Crippen molar-refractivity contribution in [2.24, 2.45) is 0 Å². The second-order valence-electron chi connectivity index (χ2n) is 5.68. The number of urea groups is 1. The number of rotatable bonds is 3. The highest BCUT2D eigenvalue weighted by molar-refractivity contribution is 8.00. The first-order valence-electron chi connectivity index (χ1n) is 7.65. The number of imide groups is 1. The lowest BCUT2D eigenvalue weighted by molar-refractivity contribution is -0.129. The molecule has 6 heteroatoms. The van der Waals surface area contributed by atoms with Gasteiger partial charge in [0.1, 0.15) is 0 Å². The van der Waals surface area contributed by atoms with E-state index in [9.17, 15) is 9.59 Å². The van der Waals surface area contributed by atoms with Crippen molar-refractivity contribution >= 4 is 23.7 Å². The van der Waals surface area contributed by atoms with Crippen LogP contribution in [0.1, 0.15) is 18.5 Å². The number of thioether (sulfide) groups is 1. The van der Waals surface area contributed by atoms with Gasteiger partial charge in [0.25, 0.3) is 0 Å².